The molecule has 2 aromatic carbocycles. The third-order valence-corrected chi connectivity index (χ3v) is 6.78. The lowest BCUT2D eigenvalue weighted by Gasteiger charge is -2.22. The Morgan fingerprint density at radius 3 is 2.74 bits per heavy atom. The molecule has 0 radical (unpaired) electrons. The van der Waals surface area contributed by atoms with Crippen molar-refractivity contribution in [1.82, 2.24) is 10.3 Å². The number of halogens is 2. The third-order valence-electron chi connectivity index (χ3n) is 5.50. The number of nitrogens with zero attached hydrogens (tertiary/aromatic N) is 1. The van der Waals surface area contributed by atoms with Gasteiger partial charge >= 0.3 is 0 Å². The first-order valence-electron chi connectivity index (χ1n) is 10.2. The van der Waals surface area contributed by atoms with Crippen LogP contribution >= 0.6 is 23.4 Å². The van der Waals surface area contributed by atoms with Gasteiger partial charge in [-0.1, -0.05) is 29.8 Å². The van der Waals surface area contributed by atoms with Crippen LogP contribution in [-0.4, -0.2) is 22.4 Å². The molecule has 31 heavy (non-hydrogen) atoms. The molecule has 3 aromatic rings. The Bertz CT molecular complexity index is 1100. The summed E-state index contributed by atoms with van der Waals surface area (Å²) in [5, 5.41) is 3.32. The van der Waals surface area contributed by atoms with Gasteiger partial charge < -0.3 is 11.1 Å². The van der Waals surface area contributed by atoms with Crippen LogP contribution in [0.3, 0.4) is 0 Å². The topological polar surface area (TPSA) is 68.0 Å². The molecule has 1 aliphatic heterocycles. The van der Waals surface area contributed by atoms with Crippen molar-refractivity contribution >= 4 is 35.1 Å². The Morgan fingerprint density at radius 1 is 1.19 bits per heavy atom. The largest absolute Gasteiger partial charge is 0.383 e. The zero-order valence-corrected chi connectivity index (χ0v) is 18.5. The summed E-state index contributed by atoms with van der Waals surface area (Å²) in [6, 6.07) is 13.7. The second-order valence-electron chi connectivity index (χ2n) is 7.60. The normalized spacial score (nSPS) is 14.4. The summed E-state index contributed by atoms with van der Waals surface area (Å²) in [7, 11) is 0. The number of amides is 1. The number of carbonyl (C=O) groups excluding carboxylic acids is 1. The number of benzene rings is 2. The number of aromatic nitrogens is 1. The summed E-state index contributed by atoms with van der Waals surface area (Å²) in [5.74, 6) is 2.00. The zero-order chi connectivity index (χ0) is 21.8. The van der Waals surface area contributed by atoms with Gasteiger partial charge in [0.25, 0.3) is 5.91 Å². The molecule has 3 N–H and O–H groups in total. The molecular formula is C24H23ClFN3OS. The van der Waals surface area contributed by atoms with Crippen molar-refractivity contribution in [2.75, 3.05) is 17.2 Å². The molecule has 1 amide bonds. The monoisotopic (exact) mass is 455 g/mol. The first kappa shape index (κ1) is 21.7. The van der Waals surface area contributed by atoms with Gasteiger partial charge in [-0.15, -0.1) is 0 Å². The minimum Gasteiger partial charge on any atom is -0.383 e. The van der Waals surface area contributed by atoms with Crippen LogP contribution in [0.4, 0.5) is 10.2 Å². The van der Waals surface area contributed by atoms with E-state index in [0.717, 1.165) is 35.5 Å². The highest BCUT2D eigenvalue weighted by Gasteiger charge is 2.19. The molecule has 0 bridgehead atoms. The average Bonchev–Trinajstić information content (AvgIpc) is 2.78. The summed E-state index contributed by atoms with van der Waals surface area (Å²) >= 11 is 7.93. The van der Waals surface area contributed by atoms with Crippen molar-refractivity contribution in [2.45, 2.75) is 25.3 Å². The van der Waals surface area contributed by atoms with E-state index in [4.69, 9.17) is 17.3 Å². The van der Waals surface area contributed by atoms with Gasteiger partial charge in [-0.3, -0.25) is 4.79 Å². The molecule has 0 atom stereocenters. The van der Waals surface area contributed by atoms with E-state index in [0.29, 0.717) is 27.9 Å². The number of hydrogen-bond acceptors (Lipinski definition) is 4. The molecule has 7 heteroatoms. The molecule has 1 aromatic heterocycles. The Morgan fingerprint density at radius 2 is 2.00 bits per heavy atom. The predicted molar refractivity (Wildman–Crippen MR) is 126 cm³/mol. The molecule has 1 fully saturated rings. The van der Waals surface area contributed by atoms with Crippen molar-refractivity contribution in [1.29, 1.82) is 0 Å². The van der Waals surface area contributed by atoms with Gasteiger partial charge in [0.2, 0.25) is 0 Å². The molecule has 0 aliphatic carbocycles. The van der Waals surface area contributed by atoms with Crippen molar-refractivity contribution in [3.63, 3.8) is 0 Å². The molecule has 4 nitrogen and oxygen atoms in total. The number of carbonyl (C=O) groups is 1. The molecular weight excluding hydrogens is 433 g/mol. The van der Waals surface area contributed by atoms with Gasteiger partial charge in [-0.2, -0.15) is 11.8 Å². The fraction of sp³-hybridized carbons (Fsp3) is 0.250. The van der Waals surface area contributed by atoms with Crippen molar-refractivity contribution < 1.29 is 9.18 Å². The highest BCUT2D eigenvalue weighted by Crippen LogP contribution is 2.35. The molecule has 160 valence electrons. The van der Waals surface area contributed by atoms with Crippen LogP contribution in [0, 0.1) is 5.82 Å². The fourth-order valence-electron chi connectivity index (χ4n) is 3.77. The maximum Gasteiger partial charge on any atom is 0.254 e. The number of pyridine rings is 1. The molecule has 1 aliphatic rings. The van der Waals surface area contributed by atoms with E-state index in [2.05, 4.69) is 10.3 Å². The minimum atomic E-state index is -0.597. The van der Waals surface area contributed by atoms with Gasteiger partial charge in [-0.05, 0) is 77.3 Å². The lowest BCUT2D eigenvalue weighted by atomic mass is 9.92. The number of rotatable bonds is 5. The molecule has 2 heterocycles. The maximum atomic E-state index is 14.8. The van der Waals surface area contributed by atoms with Gasteiger partial charge in [0, 0.05) is 23.3 Å². The van der Waals surface area contributed by atoms with E-state index < -0.39 is 11.7 Å². The van der Waals surface area contributed by atoms with E-state index in [-0.39, 0.29) is 12.1 Å². The van der Waals surface area contributed by atoms with Crippen LogP contribution < -0.4 is 11.1 Å². The Hall–Kier alpha value is -2.57. The van der Waals surface area contributed by atoms with E-state index in [1.165, 1.54) is 12.1 Å². The van der Waals surface area contributed by atoms with Gasteiger partial charge in [0.15, 0.2) is 0 Å². The molecule has 0 unspecified atom stereocenters. The Kier molecular flexibility index (Phi) is 6.78. The van der Waals surface area contributed by atoms with Gasteiger partial charge in [0.1, 0.15) is 11.6 Å². The maximum absolute atomic E-state index is 14.8. The van der Waals surface area contributed by atoms with Crippen LogP contribution in [0.5, 0.6) is 0 Å². The molecule has 0 saturated carbocycles. The highest BCUT2D eigenvalue weighted by atomic mass is 35.5. The predicted octanol–water partition coefficient (Wildman–Crippen LogP) is 5.66. The van der Waals surface area contributed by atoms with Gasteiger partial charge in [-0.25, -0.2) is 9.37 Å². The summed E-state index contributed by atoms with van der Waals surface area (Å²) in [4.78, 5) is 16.8. The van der Waals surface area contributed by atoms with Crippen molar-refractivity contribution in [3.8, 4) is 11.1 Å². The summed E-state index contributed by atoms with van der Waals surface area (Å²) in [5.41, 5.74) is 9.36. The van der Waals surface area contributed by atoms with Crippen LogP contribution in [-0.2, 0) is 6.54 Å². The quantitative estimate of drug-likeness (QED) is 0.520. The number of nitrogens with two attached hydrogens (primary N) is 1. The van der Waals surface area contributed by atoms with Crippen molar-refractivity contribution in [3.05, 3.63) is 82.3 Å². The second kappa shape index (κ2) is 9.71. The smallest absolute Gasteiger partial charge is 0.254 e. The summed E-state index contributed by atoms with van der Waals surface area (Å²) in [6.07, 6.45) is 4.04. The van der Waals surface area contributed by atoms with Crippen LogP contribution in [0.15, 0.2) is 54.7 Å². The van der Waals surface area contributed by atoms with E-state index >= 15 is 0 Å². The SMILES string of the molecule is Nc1ncc(C2CCSCC2)cc1-c1ccc(C(=O)NCc2cccc(Cl)c2)c(F)c1. The van der Waals surface area contributed by atoms with Crippen LogP contribution in [0.1, 0.15) is 40.2 Å². The summed E-state index contributed by atoms with van der Waals surface area (Å²) < 4.78 is 14.8. The first-order chi connectivity index (χ1) is 15.0. The average molecular weight is 456 g/mol. The van der Waals surface area contributed by atoms with Crippen molar-refractivity contribution in [2.24, 2.45) is 0 Å². The lowest BCUT2D eigenvalue weighted by molar-refractivity contribution is 0.0947. The first-order valence-corrected chi connectivity index (χ1v) is 11.7. The fourth-order valence-corrected chi connectivity index (χ4v) is 5.09. The number of nitrogens with one attached hydrogen (secondary N) is 1. The third kappa shape index (κ3) is 5.20. The van der Waals surface area contributed by atoms with E-state index in [9.17, 15) is 9.18 Å². The number of nitrogen functional groups attached to an aromatic ring is 1. The van der Waals surface area contributed by atoms with Crippen LogP contribution in [0.25, 0.3) is 11.1 Å². The Labute approximate surface area is 190 Å². The second-order valence-corrected chi connectivity index (χ2v) is 9.26. The van der Waals surface area contributed by atoms with E-state index in [1.807, 2.05) is 30.1 Å². The van der Waals surface area contributed by atoms with Crippen LogP contribution in [0.2, 0.25) is 5.02 Å². The van der Waals surface area contributed by atoms with Gasteiger partial charge in [0.05, 0.1) is 5.56 Å². The standard InChI is InChI=1S/C24H23ClFN3OS/c25-19-3-1-2-15(10-19)13-29-24(30)20-5-4-17(12-22(20)26)21-11-18(14-28-23(21)27)16-6-8-31-9-7-16/h1-5,10-12,14,16H,6-9,13H2,(H2,27,28)(H,29,30). The number of hydrogen-bond donors (Lipinski definition) is 2. The minimum absolute atomic E-state index is 0.0160. The highest BCUT2D eigenvalue weighted by molar-refractivity contribution is 7.99. The number of thioether (sulfide) groups is 1. The Balaban J connectivity index is 1.52. The molecule has 4 rings (SSSR count). The molecule has 0 spiro atoms. The summed E-state index contributed by atoms with van der Waals surface area (Å²) in [6.45, 7) is 0.263. The zero-order valence-electron chi connectivity index (χ0n) is 16.9. The number of anilines is 1. The van der Waals surface area contributed by atoms with E-state index in [1.54, 1.807) is 24.3 Å². The lowest BCUT2D eigenvalue weighted by Crippen LogP contribution is -2.23. The molecule has 1 saturated heterocycles.